The molecule has 6 nitrogen and oxygen atoms in total. The predicted molar refractivity (Wildman–Crippen MR) is 109 cm³/mol. The zero-order valence-corrected chi connectivity index (χ0v) is 16.8. The molecule has 2 rings (SSSR count). The number of aryl methyl sites for hydroxylation is 1. The molecule has 146 valence electrons. The molecule has 6 heteroatoms. The zero-order chi connectivity index (χ0) is 19.6. The highest BCUT2D eigenvalue weighted by atomic mass is 16.5. The first-order valence-corrected chi connectivity index (χ1v) is 8.90. The first kappa shape index (κ1) is 20.4. The van der Waals surface area contributed by atoms with Crippen molar-refractivity contribution in [2.75, 3.05) is 34.9 Å². The fourth-order valence-electron chi connectivity index (χ4n) is 2.79. The van der Waals surface area contributed by atoms with Crippen molar-refractivity contribution in [2.45, 2.75) is 19.9 Å². The van der Waals surface area contributed by atoms with Gasteiger partial charge in [-0.2, -0.15) is 0 Å². The lowest BCUT2D eigenvalue weighted by Gasteiger charge is -2.16. The van der Waals surface area contributed by atoms with Gasteiger partial charge in [0, 0.05) is 25.7 Å². The van der Waals surface area contributed by atoms with Crippen LogP contribution in [0.25, 0.3) is 0 Å². The number of ether oxygens (including phenoxy) is 3. The van der Waals surface area contributed by atoms with Crippen molar-refractivity contribution in [3.63, 3.8) is 0 Å². The van der Waals surface area contributed by atoms with Gasteiger partial charge in [0.2, 0.25) is 5.75 Å². The van der Waals surface area contributed by atoms with Gasteiger partial charge in [0.1, 0.15) is 0 Å². The van der Waals surface area contributed by atoms with Gasteiger partial charge in [0.05, 0.1) is 21.3 Å². The quantitative estimate of drug-likeness (QED) is 0.552. The lowest BCUT2D eigenvalue weighted by Crippen LogP contribution is -2.37. The average molecular weight is 371 g/mol. The molecule has 0 aliphatic rings. The SMILES string of the molecule is CN=C(NCCc1ccc(OC)c(OC)c1OC)NCc1ccc(C)cc1. The molecule has 0 saturated carbocycles. The molecule has 0 unspecified atom stereocenters. The van der Waals surface area contributed by atoms with E-state index >= 15 is 0 Å². The Morgan fingerprint density at radius 2 is 1.59 bits per heavy atom. The van der Waals surface area contributed by atoms with E-state index in [4.69, 9.17) is 14.2 Å². The molecule has 0 radical (unpaired) electrons. The molecule has 27 heavy (non-hydrogen) atoms. The maximum Gasteiger partial charge on any atom is 0.203 e. The minimum atomic E-state index is 0.611. The van der Waals surface area contributed by atoms with Crippen LogP contribution >= 0.6 is 0 Å². The number of nitrogens with one attached hydrogen (secondary N) is 2. The molecule has 0 spiro atoms. The predicted octanol–water partition coefficient (Wildman–Crippen LogP) is 2.93. The summed E-state index contributed by atoms with van der Waals surface area (Å²) in [5.41, 5.74) is 3.51. The third kappa shape index (κ3) is 5.54. The van der Waals surface area contributed by atoms with E-state index in [1.54, 1.807) is 28.4 Å². The molecule has 0 amide bonds. The van der Waals surface area contributed by atoms with Crippen molar-refractivity contribution in [3.8, 4) is 17.2 Å². The molecule has 0 aliphatic carbocycles. The number of hydrogen-bond donors (Lipinski definition) is 2. The summed E-state index contributed by atoms with van der Waals surface area (Å²) in [6, 6.07) is 12.3. The Kier molecular flexibility index (Phi) is 7.79. The summed E-state index contributed by atoms with van der Waals surface area (Å²) in [6.07, 6.45) is 0.759. The number of hydrogen-bond acceptors (Lipinski definition) is 4. The molecule has 2 aromatic rings. The molecule has 2 aromatic carbocycles. The Balaban J connectivity index is 1.93. The number of nitrogens with zero attached hydrogens (tertiary/aromatic N) is 1. The highest BCUT2D eigenvalue weighted by molar-refractivity contribution is 5.79. The molecular formula is C21H29N3O3. The van der Waals surface area contributed by atoms with Gasteiger partial charge in [-0.05, 0) is 25.0 Å². The zero-order valence-electron chi connectivity index (χ0n) is 16.8. The minimum Gasteiger partial charge on any atom is -0.493 e. The molecule has 2 N–H and O–H groups in total. The van der Waals surface area contributed by atoms with Gasteiger partial charge >= 0.3 is 0 Å². The summed E-state index contributed by atoms with van der Waals surface area (Å²) in [6.45, 7) is 3.51. The Labute approximate surface area is 161 Å². The van der Waals surface area contributed by atoms with Crippen LogP contribution in [0.15, 0.2) is 41.4 Å². The lowest BCUT2D eigenvalue weighted by molar-refractivity contribution is 0.322. The number of aliphatic imine (C=N–C) groups is 1. The minimum absolute atomic E-state index is 0.611. The molecule has 0 bridgehead atoms. The fraction of sp³-hybridized carbons (Fsp3) is 0.381. The molecule has 0 saturated heterocycles. The van der Waals surface area contributed by atoms with Gasteiger partial charge in [0.25, 0.3) is 0 Å². The summed E-state index contributed by atoms with van der Waals surface area (Å²) >= 11 is 0. The van der Waals surface area contributed by atoms with E-state index in [9.17, 15) is 0 Å². The summed E-state index contributed by atoms with van der Waals surface area (Å²) in [4.78, 5) is 4.27. The number of guanidine groups is 1. The molecule has 0 heterocycles. The van der Waals surface area contributed by atoms with Crippen molar-refractivity contribution < 1.29 is 14.2 Å². The fourth-order valence-corrected chi connectivity index (χ4v) is 2.79. The standard InChI is InChI=1S/C21H29N3O3/c1-15-6-8-16(9-7-15)14-24-21(22-2)23-13-12-17-10-11-18(25-3)20(27-5)19(17)26-4/h6-11H,12-14H2,1-5H3,(H2,22,23,24). The monoisotopic (exact) mass is 371 g/mol. The summed E-state index contributed by atoms with van der Waals surface area (Å²) < 4.78 is 16.3. The lowest BCUT2D eigenvalue weighted by atomic mass is 10.1. The van der Waals surface area contributed by atoms with Crippen LogP contribution in [0.1, 0.15) is 16.7 Å². The summed E-state index contributed by atoms with van der Waals surface area (Å²) in [7, 11) is 6.62. The largest absolute Gasteiger partial charge is 0.493 e. The van der Waals surface area contributed by atoms with Crippen molar-refractivity contribution in [3.05, 3.63) is 53.1 Å². The Morgan fingerprint density at radius 1 is 0.889 bits per heavy atom. The highest BCUT2D eigenvalue weighted by Crippen LogP contribution is 2.39. The van der Waals surface area contributed by atoms with Crippen LogP contribution in [0.2, 0.25) is 0 Å². The van der Waals surface area contributed by atoms with Crippen LogP contribution in [0.3, 0.4) is 0 Å². The van der Waals surface area contributed by atoms with Gasteiger partial charge in [-0.3, -0.25) is 4.99 Å². The van der Waals surface area contributed by atoms with Crippen LogP contribution in [0.5, 0.6) is 17.2 Å². The summed E-state index contributed by atoms with van der Waals surface area (Å²) in [5, 5.41) is 6.65. The van der Waals surface area contributed by atoms with Gasteiger partial charge in [-0.25, -0.2) is 0 Å². The second kappa shape index (κ2) is 10.3. The molecule has 0 aromatic heterocycles. The van der Waals surface area contributed by atoms with E-state index in [2.05, 4.69) is 46.8 Å². The maximum absolute atomic E-state index is 5.53. The second-order valence-electron chi connectivity index (χ2n) is 6.08. The van der Waals surface area contributed by atoms with Crippen molar-refractivity contribution in [1.29, 1.82) is 0 Å². The number of benzene rings is 2. The van der Waals surface area contributed by atoms with E-state index < -0.39 is 0 Å². The van der Waals surface area contributed by atoms with Crippen LogP contribution in [-0.2, 0) is 13.0 Å². The van der Waals surface area contributed by atoms with E-state index in [0.717, 1.165) is 24.5 Å². The van der Waals surface area contributed by atoms with Gasteiger partial charge < -0.3 is 24.8 Å². The summed E-state index contributed by atoms with van der Waals surface area (Å²) in [5.74, 6) is 2.72. The molecule has 0 fully saturated rings. The van der Waals surface area contributed by atoms with Crippen molar-refractivity contribution in [1.82, 2.24) is 10.6 Å². The van der Waals surface area contributed by atoms with Gasteiger partial charge in [-0.1, -0.05) is 35.9 Å². The molecule has 0 aliphatic heterocycles. The molecular weight excluding hydrogens is 342 g/mol. The first-order chi connectivity index (χ1) is 13.1. The van der Waals surface area contributed by atoms with Crippen LogP contribution < -0.4 is 24.8 Å². The van der Waals surface area contributed by atoms with Crippen LogP contribution in [-0.4, -0.2) is 40.9 Å². The van der Waals surface area contributed by atoms with Crippen LogP contribution in [0.4, 0.5) is 0 Å². The van der Waals surface area contributed by atoms with Crippen molar-refractivity contribution in [2.24, 2.45) is 4.99 Å². The third-order valence-electron chi connectivity index (χ3n) is 4.28. The van der Waals surface area contributed by atoms with Crippen molar-refractivity contribution >= 4 is 5.96 Å². The Morgan fingerprint density at radius 3 is 2.19 bits per heavy atom. The first-order valence-electron chi connectivity index (χ1n) is 8.90. The van der Waals surface area contributed by atoms with E-state index in [1.165, 1.54) is 11.1 Å². The maximum atomic E-state index is 5.53. The smallest absolute Gasteiger partial charge is 0.203 e. The topological polar surface area (TPSA) is 64.1 Å². The highest BCUT2D eigenvalue weighted by Gasteiger charge is 2.15. The Bertz CT molecular complexity index is 758. The normalized spacial score (nSPS) is 11.1. The van der Waals surface area contributed by atoms with E-state index in [-0.39, 0.29) is 0 Å². The molecule has 0 atom stereocenters. The number of methoxy groups -OCH3 is 3. The second-order valence-corrected chi connectivity index (χ2v) is 6.08. The van der Waals surface area contributed by atoms with E-state index in [1.807, 2.05) is 12.1 Å². The Hall–Kier alpha value is -2.89. The van der Waals surface area contributed by atoms with E-state index in [0.29, 0.717) is 23.8 Å². The average Bonchev–Trinajstić information content (AvgIpc) is 2.70. The van der Waals surface area contributed by atoms with Crippen LogP contribution in [0, 0.1) is 6.92 Å². The third-order valence-corrected chi connectivity index (χ3v) is 4.28. The number of rotatable bonds is 8. The van der Waals surface area contributed by atoms with Gasteiger partial charge in [-0.15, -0.1) is 0 Å². The van der Waals surface area contributed by atoms with Gasteiger partial charge in [0.15, 0.2) is 17.5 Å².